The maximum absolute atomic E-state index is 12.7. The Bertz CT molecular complexity index is 395. The Hall–Kier alpha value is 0.850. The molecule has 0 radical (unpaired) electrons. The van der Waals surface area contributed by atoms with Crippen molar-refractivity contribution >= 4 is 26.3 Å². The van der Waals surface area contributed by atoms with Crippen molar-refractivity contribution in [2.45, 2.75) is 65.6 Å². The summed E-state index contributed by atoms with van der Waals surface area (Å²) in [5, 5.41) is 0. The van der Waals surface area contributed by atoms with Gasteiger partial charge in [0.05, 0.1) is 0 Å². The monoisotopic (exact) mass is 507 g/mol. The fourth-order valence-electron chi connectivity index (χ4n) is 3.27. The van der Waals surface area contributed by atoms with Crippen LogP contribution in [0.3, 0.4) is 0 Å². The van der Waals surface area contributed by atoms with Gasteiger partial charge in [-0.05, 0) is 0 Å². The number of halogens is 2. The molecule has 0 spiro atoms. The molecule has 2 aliphatic heterocycles. The van der Waals surface area contributed by atoms with Crippen LogP contribution in [0.2, 0.25) is 0 Å². The molecular formula is C14H25I2N2O2-. The first-order valence-corrected chi connectivity index (χ1v) is 14.2. The number of hydrogen-bond acceptors (Lipinski definition) is 4. The third-order valence-electron chi connectivity index (χ3n) is 4.97. The van der Waals surface area contributed by atoms with Crippen molar-refractivity contribution in [2.75, 3.05) is 4.93 Å². The van der Waals surface area contributed by atoms with E-state index in [0.29, 0.717) is 5.92 Å². The SMILES string of the molecule is CCC(C)(OC(=O)C([I-]C)C12NI1N2)C1CCCCC1. The zero-order valence-electron chi connectivity index (χ0n) is 12.5. The summed E-state index contributed by atoms with van der Waals surface area (Å²) in [4.78, 5) is 14.9. The van der Waals surface area contributed by atoms with E-state index in [-0.39, 0.29) is 40.4 Å². The van der Waals surface area contributed by atoms with E-state index < -0.39 is 20.4 Å². The summed E-state index contributed by atoms with van der Waals surface area (Å²) in [6, 6.07) is 0. The quantitative estimate of drug-likeness (QED) is 0.128. The van der Waals surface area contributed by atoms with Gasteiger partial charge >= 0.3 is 141 Å². The predicted octanol–water partition coefficient (Wildman–Crippen LogP) is -0.437. The van der Waals surface area contributed by atoms with Gasteiger partial charge in [-0.3, -0.25) is 0 Å². The second-order valence-electron chi connectivity index (χ2n) is 6.19. The van der Waals surface area contributed by atoms with E-state index in [1.807, 2.05) is 0 Å². The average Bonchev–Trinajstić information content (AvgIpc) is 3.30. The Morgan fingerprint density at radius 2 is 2.05 bits per heavy atom. The van der Waals surface area contributed by atoms with Gasteiger partial charge in [-0.1, -0.05) is 0 Å². The van der Waals surface area contributed by atoms with Crippen molar-refractivity contribution < 1.29 is 30.7 Å². The number of carbonyl (C=O) groups is 1. The molecule has 118 valence electrons. The Morgan fingerprint density at radius 3 is 2.50 bits per heavy atom. The second kappa shape index (κ2) is 5.81. The molecule has 4 nitrogen and oxygen atoms in total. The third-order valence-corrected chi connectivity index (χ3v) is 13.4. The van der Waals surface area contributed by atoms with Gasteiger partial charge in [0, 0.05) is 0 Å². The van der Waals surface area contributed by atoms with Gasteiger partial charge in [0.2, 0.25) is 0 Å². The van der Waals surface area contributed by atoms with Gasteiger partial charge < -0.3 is 0 Å². The molecule has 0 amide bonds. The molecule has 0 aromatic rings. The molecule has 0 aromatic heterocycles. The minimum absolute atomic E-state index is 0.0764. The van der Waals surface area contributed by atoms with Crippen molar-refractivity contribution in [1.82, 2.24) is 7.06 Å². The van der Waals surface area contributed by atoms with Crippen LogP contribution in [0.15, 0.2) is 0 Å². The van der Waals surface area contributed by atoms with Gasteiger partial charge in [0.15, 0.2) is 0 Å². The zero-order valence-corrected chi connectivity index (χ0v) is 16.8. The molecule has 2 heterocycles. The van der Waals surface area contributed by atoms with Crippen LogP contribution in [0, 0.1) is 5.92 Å². The number of rotatable bonds is 6. The average molecular weight is 507 g/mol. The Balaban J connectivity index is 1.65. The number of esters is 1. The van der Waals surface area contributed by atoms with Crippen molar-refractivity contribution in [3.8, 4) is 0 Å². The molecule has 2 saturated heterocycles. The van der Waals surface area contributed by atoms with Crippen LogP contribution in [0.1, 0.15) is 52.4 Å². The van der Waals surface area contributed by atoms with Crippen molar-refractivity contribution in [2.24, 2.45) is 5.92 Å². The minimum atomic E-state index is -1.04. The predicted molar refractivity (Wildman–Crippen MR) is 84.1 cm³/mol. The number of ether oxygens (including phenoxy) is 1. The van der Waals surface area contributed by atoms with Crippen LogP contribution in [0.25, 0.3) is 0 Å². The molecule has 2 N–H and O–H groups in total. The number of hydrogen-bond donors (Lipinski definition) is 2. The van der Waals surface area contributed by atoms with Crippen molar-refractivity contribution in [3.63, 3.8) is 0 Å². The maximum atomic E-state index is 12.7. The Labute approximate surface area is 139 Å². The van der Waals surface area contributed by atoms with E-state index in [9.17, 15) is 4.79 Å². The van der Waals surface area contributed by atoms with Crippen LogP contribution in [-0.2, 0) is 9.53 Å². The van der Waals surface area contributed by atoms with E-state index in [1.165, 1.54) is 32.1 Å². The summed E-state index contributed by atoms with van der Waals surface area (Å²) >= 11 is -1.16. The number of nitrogens with one attached hydrogen (secondary N) is 2. The summed E-state index contributed by atoms with van der Waals surface area (Å²) in [5.74, 6) is 0.639. The summed E-state index contributed by atoms with van der Waals surface area (Å²) in [6.07, 6.45) is 7.33. The summed E-state index contributed by atoms with van der Waals surface area (Å²) in [5.41, 5.74) is -0.242. The molecule has 3 fully saturated rings. The van der Waals surface area contributed by atoms with Crippen LogP contribution < -0.4 is 28.3 Å². The molecule has 2 unspecified atom stereocenters. The van der Waals surface area contributed by atoms with Gasteiger partial charge in [-0.2, -0.15) is 0 Å². The Kier molecular flexibility index (Phi) is 4.57. The molecule has 1 saturated carbocycles. The van der Waals surface area contributed by atoms with Crippen LogP contribution >= 0.6 is 20.4 Å². The van der Waals surface area contributed by atoms with E-state index in [0.717, 1.165) is 6.42 Å². The fourth-order valence-corrected chi connectivity index (χ4v) is 13.6. The topological polar surface area (TPSA) is 70.2 Å². The molecule has 3 rings (SSSR count). The zero-order chi connectivity index (χ0) is 14.4. The number of fused-ring (bicyclic) bond motifs is 1. The van der Waals surface area contributed by atoms with Crippen molar-refractivity contribution in [3.05, 3.63) is 0 Å². The van der Waals surface area contributed by atoms with E-state index >= 15 is 0 Å². The van der Waals surface area contributed by atoms with Gasteiger partial charge in [0.25, 0.3) is 0 Å². The van der Waals surface area contributed by atoms with E-state index in [2.05, 4.69) is 25.8 Å². The van der Waals surface area contributed by atoms with E-state index in [1.54, 1.807) is 0 Å². The van der Waals surface area contributed by atoms with Gasteiger partial charge in [-0.15, -0.1) is 0 Å². The molecular weight excluding hydrogens is 482 g/mol. The number of carbonyl (C=O) groups excluding carboxylic acids is 1. The van der Waals surface area contributed by atoms with Crippen molar-refractivity contribution in [1.29, 1.82) is 0 Å². The van der Waals surface area contributed by atoms with E-state index in [4.69, 9.17) is 4.74 Å². The first kappa shape index (κ1) is 15.7. The molecule has 20 heavy (non-hydrogen) atoms. The second-order valence-corrected chi connectivity index (χ2v) is 13.1. The molecule has 0 aromatic carbocycles. The molecule has 6 heteroatoms. The first-order valence-electron chi connectivity index (χ1n) is 7.52. The van der Waals surface area contributed by atoms with Crippen LogP contribution in [0.5, 0.6) is 0 Å². The van der Waals surface area contributed by atoms with Gasteiger partial charge in [-0.25, -0.2) is 0 Å². The van der Waals surface area contributed by atoms with Crippen LogP contribution in [-0.4, -0.2) is 24.1 Å². The summed E-state index contributed by atoms with van der Waals surface area (Å²) in [6.45, 7) is 4.33. The number of alkyl halides is 3. The summed E-state index contributed by atoms with van der Waals surface area (Å²) < 4.78 is 13.3. The summed E-state index contributed by atoms with van der Waals surface area (Å²) in [7, 11) is 0. The standard InChI is InChI=1S/C14H25I2N2O2/c1-4-13(2,10-8-6-5-7-9-10)20-12(19)11(15-3)14-16(17-14)18-14/h10-11,17-18H,4-9H2,1-3H3/q-1. The fraction of sp³-hybridized carbons (Fsp3) is 0.929. The third kappa shape index (κ3) is 2.74. The Morgan fingerprint density at radius 1 is 1.45 bits per heavy atom. The molecule has 1 aliphatic carbocycles. The normalized spacial score (nSPS) is 30.2. The van der Waals surface area contributed by atoms with Crippen LogP contribution in [0.4, 0.5) is 0 Å². The van der Waals surface area contributed by atoms with Gasteiger partial charge in [0.1, 0.15) is 0 Å². The first-order chi connectivity index (χ1) is 9.55. The molecule has 0 bridgehead atoms. The molecule has 2 atom stereocenters. The molecule has 3 aliphatic rings.